The zero-order valence-electron chi connectivity index (χ0n) is 14.6. The highest BCUT2D eigenvalue weighted by atomic mass is 79.9. The number of carbonyl (C=O) groups excluding carboxylic acids is 1. The first-order valence-corrected chi connectivity index (χ1v) is 10.8. The minimum absolute atomic E-state index is 0.0165. The van der Waals surface area contributed by atoms with Gasteiger partial charge >= 0.3 is 0 Å². The van der Waals surface area contributed by atoms with Gasteiger partial charge in [0.05, 0.1) is 18.2 Å². The Morgan fingerprint density at radius 1 is 1.23 bits per heavy atom. The average molecular weight is 499 g/mol. The third-order valence-electron chi connectivity index (χ3n) is 3.81. The van der Waals surface area contributed by atoms with Crippen molar-refractivity contribution in [2.24, 2.45) is 5.92 Å². The van der Waals surface area contributed by atoms with Crippen molar-refractivity contribution in [2.45, 2.75) is 32.4 Å². The zero-order valence-corrected chi connectivity index (χ0v) is 18.6. The molecule has 1 unspecified atom stereocenters. The van der Waals surface area contributed by atoms with Gasteiger partial charge in [-0.25, -0.2) is 0 Å². The Bertz CT molecular complexity index is 768. The van der Waals surface area contributed by atoms with E-state index in [-0.39, 0.29) is 24.5 Å². The first-order valence-electron chi connectivity index (χ1n) is 8.30. The quantitative estimate of drug-likeness (QED) is 0.503. The van der Waals surface area contributed by atoms with Crippen molar-refractivity contribution in [1.82, 2.24) is 10.6 Å². The Kier molecular flexibility index (Phi) is 8.29. The van der Waals surface area contributed by atoms with E-state index in [4.69, 9.17) is 5.26 Å². The van der Waals surface area contributed by atoms with Crippen LogP contribution in [0.25, 0.3) is 0 Å². The highest BCUT2D eigenvalue weighted by molar-refractivity contribution is 9.10. The molecule has 1 aromatic carbocycles. The number of hydrogen-bond donors (Lipinski definition) is 2. The molecule has 2 aromatic rings. The van der Waals surface area contributed by atoms with Gasteiger partial charge < -0.3 is 5.32 Å². The molecule has 0 radical (unpaired) electrons. The number of carbonyl (C=O) groups is 1. The lowest BCUT2D eigenvalue weighted by atomic mass is 9.99. The van der Waals surface area contributed by atoms with Gasteiger partial charge in [0, 0.05) is 19.2 Å². The van der Waals surface area contributed by atoms with Crippen molar-refractivity contribution in [3.63, 3.8) is 0 Å². The number of benzene rings is 1. The van der Waals surface area contributed by atoms with E-state index in [1.54, 1.807) is 11.3 Å². The Hall–Kier alpha value is -1.20. The predicted octanol–water partition coefficient (Wildman–Crippen LogP) is 5.01. The molecule has 1 heterocycles. The summed E-state index contributed by atoms with van der Waals surface area (Å²) in [5, 5.41) is 17.0. The summed E-state index contributed by atoms with van der Waals surface area (Å²) < 4.78 is 2.04. The number of amides is 1. The Labute approximate surface area is 175 Å². The lowest BCUT2D eigenvalue weighted by molar-refractivity contribution is -0.123. The van der Waals surface area contributed by atoms with Crippen LogP contribution in [0, 0.1) is 17.2 Å². The number of rotatable bonds is 8. The van der Waals surface area contributed by atoms with Crippen LogP contribution in [0.5, 0.6) is 0 Å². The zero-order chi connectivity index (χ0) is 19.1. The molecule has 2 N–H and O–H groups in total. The van der Waals surface area contributed by atoms with E-state index in [2.05, 4.69) is 74.5 Å². The van der Waals surface area contributed by atoms with Crippen molar-refractivity contribution in [2.75, 3.05) is 6.54 Å². The molecule has 7 heteroatoms. The van der Waals surface area contributed by atoms with Gasteiger partial charge in [-0.3, -0.25) is 10.1 Å². The van der Waals surface area contributed by atoms with Gasteiger partial charge in [0.15, 0.2) is 0 Å². The molecule has 1 amide bonds. The van der Waals surface area contributed by atoms with Gasteiger partial charge in [-0.05, 0) is 52.0 Å². The molecule has 0 spiro atoms. The smallest absolute Gasteiger partial charge is 0.237 e. The van der Waals surface area contributed by atoms with Crippen LogP contribution in [0.1, 0.15) is 36.8 Å². The summed E-state index contributed by atoms with van der Waals surface area (Å²) in [6.07, 6.45) is 0.691. The van der Waals surface area contributed by atoms with E-state index in [0.717, 1.165) is 19.4 Å². The molecule has 0 saturated carbocycles. The second-order valence-electron chi connectivity index (χ2n) is 6.38. The molecule has 4 nitrogen and oxygen atoms in total. The molecule has 0 aliphatic carbocycles. The van der Waals surface area contributed by atoms with Crippen LogP contribution in [0.4, 0.5) is 0 Å². The Balaban J connectivity index is 2.31. The second kappa shape index (κ2) is 10.2. The molecule has 0 fully saturated rings. The monoisotopic (exact) mass is 497 g/mol. The molecule has 0 aliphatic heterocycles. The van der Waals surface area contributed by atoms with E-state index in [1.165, 1.54) is 0 Å². The van der Waals surface area contributed by atoms with Crippen LogP contribution in [0.2, 0.25) is 0 Å². The lowest BCUT2D eigenvalue weighted by Crippen LogP contribution is -2.46. The summed E-state index contributed by atoms with van der Waals surface area (Å²) in [5.41, 5.74) is 1.09. The van der Waals surface area contributed by atoms with Crippen molar-refractivity contribution in [1.29, 1.82) is 5.26 Å². The molecule has 2 rings (SSSR count). The SMILES string of the molecule is CC(C)CC(N[C@@H](c1ccc(Br)cc1)c1cc(Br)cs1)C(=O)NCC#N. The maximum Gasteiger partial charge on any atom is 0.237 e. The molecule has 26 heavy (non-hydrogen) atoms. The van der Waals surface area contributed by atoms with Crippen LogP contribution in [-0.4, -0.2) is 18.5 Å². The summed E-state index contributed by atoms with van der Waals surface area (Å²) in [5.74, 6) is 0.207. The number of halogens is 2. The molecule has 0 aliphatic rings. The molecular weight excluding hydrogens is 478 g/mol. The first kappa shape index (κ1) is 21.1. The summed E-state index contributed by atoms with van der Waals surface area (Å²) in [7, 11) is 0. The summed E-state index contributed by atoms with van der Waals surface area (Å²) in [4.78, 5) is 13.7. The fourth-order valence-electron chi connectivity index (χ4n) is 2.65. The van der Waals surface area contributed by atoms with Crippen LogP contribution >= 0.6 is 43.2 Å². The molecule has 0 saturated heterocycles. The number of nitrogens with one attached hydrogen (secondary N) is 2. The topological polar surface area (TPSA) is 64.9 Å². The largest absolute Gasteiger partial charge is 0.342 e. The predicted molar refractivity (Wildman–Crippen MR) is 113 cm³/mol. The van der Waals surface area contributed by atoms with Crippen LogP contribution < -0.4 is 10.6 Å². The highest BCUT2D eigenvalue weighted by Gasteiger charge is 2.25. The molecule has 1 aromatic heterocycles. The van der Waals surface area contributed by atoms with Crippen LogP contribution in [0.15, 0.2) is 44.7 Å². The first-order chi connectivity index (χ1) is 12.4. The minimum Gasteiger partial charge on any atom is -0.342 e. The fraction of sp³-hybridized carbons (Fsp3) is 0.368. The maximum absolute atomic E-state index is 12.6. The Morgan fingerprint density at radius 2 is 1.92 bits per heavy atom. The fourth-order valence-corrected chi connectivity index (χ4v) is 4.45. The van der Waals surface area contributed by atoms with Gasteiger partial charge in [0.1, 0.15) is 6.54 Å². The molecule has 2 atom stereocenters. The normalized spacial score (nSPS) is 13.2. The van der Waals surface area contributed by atoms with Gasteiger partial charge in [0.2, 0.25) is 5.91 Å². The van der Waals surface area contributed by atoms with Crippen LogP contribution in [-0.2, 0) is 4.79 Å². The number of nitrogens with zero attached hydrogens (tertiary/aromatic N) is 1. The van der Waals surface area contributed by atoms with Gasteiger partial charge in [-0.15, -0.1) is 11.3 Å². The van der Waals surface area contributed by atoms with Crippen molar-refractivity contribution in [3.8, 4) is 6.07 Å². The van der Waals surface area contributed by atoms with E-state index in [9.17, 15) is 4.79 Å². The maximum atomic E-state index is 12.6. The Morgan fingerprint density at radius 3 is 2.46 bits per heavy atom. The van der Waals surface area contributed by atoms with E-state index >= 15 is 0 Å². The minimum atomic E-state index is -0.377. The molecular formula is C19H21Br2N3OS. The van der Waals surface area contributed by atoms with Gasteiger partial charge in [-0.2, -0.15) is 5.26 Å². The van der Waals surface area contributed by atoms with E-state index in [0.29, 0.717) is 12.3 Å². The highest BCUT2D eigenvalue weighted by Crippen LogP contribution is 2.31. The number of thiophene rings is 1. The third kappa shape index (κ3) is 6.20. The van der Waals surface area contributed by atoms with Gasteiger partial charge in [-0.1, -0.05) is 41.9 Å². The van der Waals surface area contributed by atoms with Crippen LogP contribution in [0.3, 0.4) is 0 Å². The van der Waals surface area contributed by atoms with Gasteiger partial charge in [0.25, 0.3) is 0 Å². The number of nitriles is 1. The summed E-state index contributed by atoms with van der Waals surface area (Å²) in [6.45, 7) is 4.19. The third-order valence-corrected chi connectivity index (χ3v) is 6.10. The average Bonchev–Trinajstić information content (AvgIpc) is 3.03. The van der Waals surface area contributed by atoms with Crippen molar-refractivity contribution >= 4 is 49.1 Å². The van der Waals surface area contributed by atoms with Crippen molar-refractivity contribution < 1.29 is 4.79 Å². The lowest BCUT2D eigenvalue weighted by Gasteiger charge is -2.26. The molecule has 0 bridgehead atoms. The van der Waals surface area contributed by atoms with E-state index in [1.807, 2.05) is 23.6 Å². The second-order valence-corrected chi connectivity index (χ2v) is 9.15. The number of hydrogen-bond acceptors (Lipinski definition) is 4. The van der Waals surface area contributed by atoms with E-state index < -0.39 is 0 Å². The summed E-state index contributed by atoms with van der Waals surface area (Å²) >= 11 is 8.63. The molecule has 138 valence electrons. The van der Waals surface area contributed by atoms with Crippen molar-refractivity contribution in [3.05, 3.63) is 55.1 Å². The summed E-state index contributed by atoms with van der Waals surface area (Å²) in [6, 6.07) is 11.7. The standard InChI is InChI=1S/C19H21Br2N3OS/c1-12(2)9-16(19(25)23-8-7-22)24-18(17-10-15(21)11-26-17)13-3-5-14(20)6-4-13/h3-6,10-12,16,18,24H,8-9H2,1-2H3,(H,23,25)/t16?,18-/m0/s1.